The Hall–Kier alpha value is -1.60. The predicted molar refractivity (Wildman–Crippen MR) is 80.9 cm³/mol. The standard InChI is InChI=1S/C15H20N2O4S/c1-14(2,3)21-13(18)17-9-8-15(10-17)11-6-4-5-7-12(11)22(19,20)16-15/h4-7,16H,8-10H2,1-3H3. The summed E-state index contributed by atoms with van der Waals surface area (Å²) < 4.78 is 32.7. The molecule has 1 atom stereocenters. The van der Waals surface area contributed by atoms with E-state index in [-0.39, 0.29) is 6.54 Å². The summed E-state index contributed by atoms with van der Waals surface area (Å²) in [5.41, 5.74) is -0.562. The molecule has 1 aromatic carbocycles. The monoisotopic (exact) mass is 324 g/mol. The molecule has 1 amide bonds. The van der Waals surface area contributed by atoms with Crippen LogP contribution in [-0.2, 0) is 20.3 Å². The van der Waals surface area contributed by atoms with Gasteiger partial charge in [0.2, 0.25) is 10.0 Å². The Balaban J connectivity index is 1.88. The van der Waals surface area contributed by atoms with Crippen molar-refractivity contribution in [3.63, 3.8) is 0 Å². The number of benzene rings is 1. The summed E-state index contributed by atoms with van der Waals surface area (Å²) in [5.74, 6) is 0. The minimum atomic E-state index is -3.51. The molecule has 1 saturated heterocycles. The lowest BCUT2D eigenvalue weighted by molar-refractivity contribution is 0.0283. The molecule has 6 nitrogen and oxygen atoms in total. The molecule has 1 spiro atoms. The van der Waals surface area contributed by atoms with Crippen LogP contribution < -0.4 is 4.72 Å². The zero-order valence-electron chi connectivity index (χ0n) is 12.9. The van der Waals surface area contributed by atoms with E-state index >= 15 is 0 Å². The highest BCUT2D eigenvalue weighted by molar-refractivity contribution is 7.89. The zero-order chi connectivity index (χ0) is 16.2. The number of hydrogen-bond acceptors (Lipinski definition) is 4. The first-order chi connectivity index (χ1) is 10.1. The van der Waals surface area contributed by atoms with Crippen molar-refractivity contribution < 1.29 is 17.9 Å². The molecule has 22 heavy (non-hydrogen) atoms. The Morgan fingerprint density at radius 2 is 2.00 bits per heavy atom. The third kappa shape index (κ3) is 2.48. The quantitative estimate of drug-likeness (QED) is 0.790. The second-order valence-electron chi connectivity index (χ2n) is 6.84. The average molecular weight is 324 g/mol. The molecule has 1 unspecified atom stereocenters. The first-order valence-corrected chi connectivity index (χ1v) is 8.73. The molecule has 0 saturated carbocycles. The number of amides is 1. The fraction of sp³-hybridized carbons (Fsp3) is 0.533. The van der Waals surface area contributed by atoms with Gasteiger partial charge in [0, 0.05) is 13.1 Å². The van der Waals surface area contributed by atoms with E-state index in [0.717, 1.165) is 5.56 Å². The summed E-state index contributed by atoms with van der Waals surface area (Å²) in [7, 11) is -3.51. The van der Waals surface area contributed by atoms with Gasteiger partial charge < -0.3 is 9.64 Å². The van der Waals surface area contributed by atoms with Crippen LogP contribution >= 0.6 is 0 Å². The van der Waals surface area contributed by atoms with Crippen LogP contribution in [0.1, 0.15) is 32.8 Å². The smallest absolute Gasteiger partial charge is 0.410 e. The fourth-order valence-corrected chi connectivity index (χ4v) is 4.77. The molecule has 120 valence electrons. The van der Waals surface area contributed by atoms with E-state index in [1.165, 1.54) is 0 Å². The van der Waals surface area contributed by atoms with E-state index < -0.39 is 27.3 Å². The van der Waals surface area contributed by atoms with Crippen LogP contribution in [0, 0.1) is 0 Å². The minimum Gasteiger partial charge on any atom is -0.444 e. The molecule has 0 bridgehead atoms. The van der Waals surface area contributed by atoms with Crippen molar-refractivity contribution in [2.75, 3.05) is 13.1 Å². The number of sulfonamides is 1. The zero-order valence-corrected chi connectivity index (χ0v) is 13.7. The third-order valence-corrected chi connectivity index (χ3v) is 5.54. The van der Waals surface area contributed by atoms with Crippen molar-refractivity contribution in [2.24, 2.45) is 0 Å². The molecule has 3 rings (SSSR count). The van der Waals surface area contributed by atoms with E-state index in [9.17, 15) is 13.2 Å². The van der Waals surface area contributed by atoms with Crippen molar-refractivity contribution in [1.82, 2.24) is 9.62 Å². The number of hydrogen-bond donors (Lipinski definition) is 1. The topological polar surface area (TPSA) is 75.7 Å². The van der Waals surface area contributed by atoms with Gasteiger partial charge in [0.25, 0.3) is 0 Å². The summed E-state index contributed by atoms with van der Waals surface area (Å²) in [4.78, 5) is 14.1. The second kappa shape index (κ2) is 4.70. The predicted octanol–water partition coefficient (Wildman–Crippen LogP) is 1.81. The highest BCUT2D eigenvalue weighted by atomic mass is 32.2. The normalized spacial score (nSPS) is 26.2. The average Bonchev–Trinajstić information content (AvgIpc) is 2.90. The lowest BCUT2D eigenvalue weighted by Gasteiger charge is -2.27. The lowest BCUT2D eigenvalue weighted by Crippen LogP contribution is -2.44. The number of carbonyl (C=O) groups is 1. The summed E-state index contributed by atoms with van der Waals surface area (Å²) in [5, 5.41) is 0. The van der Waals surface area contributed by atoms with E-state index in [2.05, 4.69) is 4.72 Å². The maximum atomic E-state index is 12.3. The van der Waals surface area contributed by atoms with Crippen molar-refractivity contribution >= 4 is 16.1 Å². The largest absolute Gasteiger partial charge is 0.444 e. The summed E-state index contributed by atoms with van der Waals surface area (Å²) in [6.07, 6.45) is 0.135. The first kappa shape index (κ1) is 15.3. The van der Waals surface area contributed by atoms with Crippen LogP contribution in [-0.4, -0.2) is 38.1 Å². The molecular formula is C15H20N2O4S. The number of nitrogens with zero attached hydrogens (tertiary/aromatic N) is 1. The highest BCUT2D eigenvalue weighted by Gasteiger charge is 2.51. The van der Waals surface area contributed by atoms with Gasteiger partial charge in [-0.05, 0) is 38.8 Å². The maximum Gasteiger partial charge on any atom is 0.410 e. The molecule has 7 heteroatoms. The number of fused-ring (bicyclic) bond motifs is 2. The molecular weight excluding hydrogens is 304 g/mol. The Morgan fingerprint density at radius 3 is 2.68 bits per heavy atom. The van der Waals surface area contributed by atoms with E-state index in [1.54, 1.807) is 17.0 Å². The maximum absolute atomic E-state index is 12.3. The van der Waals surface area contributed by atoms with Gasteiger partial charge in [-0.2, -0.15) is 4.72 Å². The Kier molecular flexibility index (Phi) is 3.27. The molecule has 0 aliphatic carbocycles. The van der Waals surface area contributed by atoms with Crippen LogP contribution in [0.15, 0.2) is 29.2 Å². The van der Waals surface area contributed by atoms with Gasteiger partial charge in [0.05, 0.1) is 10.4 Å². The number of nitrogens with one attached hydrogen (secondary N) is 1. The van der Waals surface area contributed by atoms with Crippen LogP contribution in [0.4, 0.5) is 4.79 Å². The van der Waals surface area contributed by atoms with Gasteiger partial charge in [-0.3, -0.25) is 0 Å². The molecule has 1 fully saturated rings. The molecule has 2 aliphatic rings. The Bertz CT molecular complexity index is 723. The van der Waals surface area contributed by atoms with Crippen LogP contribution in [0.25, 0.3) is 0 Å². The van der Waals surface area contributed by atoms with Gasteiger partial charge in [-0.25, -0.2) is 13.2 Å². The molecule has 0 radical (unpaired) electrons. The number of carbonyl (C=O) groups excluding carboxylic acids is 1. The molecule has 0 aromatic heterocycles. The van der Waals surface area contributed by atoms with Crippen molar-refractivity contribution in [3.05, 3.63) is 29.8 Å². The Morgan fingerprint density at radius 1 is 1.32 bits per heavy atom. The highest BCUT2D eigenvalue weighted by Crippen LogP contribution is 2.42. The van der Waals surface area contributed by atoms with Gasteiger partial charge in [0.1, 0.15) is 5.60 Å². The van der Waals surface area contributed by atoms with E-state index in [0.29, 0.717) is 17.9 Å². The molecule has 2 aliphatic heterocycles. The van der Waals surface area contributed by atoms with Crippen molar-refractivity contribution in [1.29, 1.82) is 0 Å². The van der Waals surface area contributed by atoms with Crippen LogP contribution in [0.5, 0.6) is 0 Å². The van der Waals surface area contributed by atoms with Gasteiger partial charge >= 0.3 is 6.09 Å². The summed E-state index contributed by atoms with van der Waals surface area (Å²) >= 11 is 0. The van der Waals surface area contributed by atoms with Gasteiger partial charge in [-0.1, -0.05) is 18.2 Å². The van der Waals surface area contributed by atoms with E-state index in [1.807, 2.05) is 32.9 Å². The molecule has 2 heterocycles. The minimum absolute atomic E-state index is 0.290. The number of rotatable bonds is 0. The molecule has 1 aromatic rings. The SMILES string of the molecule is CC(C)(C)OC(=O)N1CCC2(C1)NS(=O)(=O)c1ccccc12. The first-order valence-electron chi connectivity index (χ1n) is 7.24. The number of likely N-dealkylation sites (tertiary alicyclic amines) is 1. The number of ether oxygens (including phenoxy) is 1. The lowest BCUT2D eigenvalue weighted by atomic mass is 9.90. The third-order valence-electron chi connectivity index (χ3n) is 3.94. The van der Waals surface area contributed by atoms with Crippen LogP contribution in [0.2, 0.25) is 0 Å². The molecule has 1 N–H and O–H groups in total. The second-order valence-corrected chi connectivity index (χ2v) is 8.49. The Labute approximate surface area is 130 Å². The fourth-order valence-electron chi connectivity index (χ4n) is 3.06. The summed E-state index contributed by atoms with van der Waals surface area (Å²) in [6, 6.07) is 6.94. The van der Waals surface area contributed by atoms with Gasteiger partial charge in [0.15, 0.2) is 0 Å². The summed E-state index contributed by atoms with van der Waals surface area (Å²) in [6.45, 7) is 6.18. The van der Waals surface area contributed by atoms with Crippen LogP contribution in [0.3, 0.4) is 0 Å². The van der Waals surface area contributed by atoms with Crippen molar-refractivity contribution in [2.45, 2.75) is 43.2 Å². The van der Waals surface area contributed by atoms with Gasteiger partial charge in [-0.15, -0.1) is 0 Å². The van der Waals surface area contributed by atoms with E-state index in [4.69, 9.17) is 4.74 Å². The van der Waals surface area contributed by atoms with Crippen molar-refractivity contribution in [3.8, 4) is 0 Å².